The van der Waals surface area contributed by atoms with Gasteiger partial charge in [-0.15, -0.1) is 0 Å². The topological polar surface area (TPSA) is 21.3 Å². The number of benzene rings is 1. The summed E-state index contributed by atoms with van der Waals surface area (Å²) in [4.78, 5) is 0. The van der Waals surface area contributed by atoms with Crippen LogP contribution in [0.25, 0.3) is 0 Å². The van der Waals surface area contributed by atoms with Crippen molar-refractivity contribution in [1.82, 2.24) is 5.32 Å². The molecule has 118 valence electrons. The van der Waals surface area contributed by atoms with Gasteiger partial charge in [-0.2, -0.15) is 0 Å². The van der Waals surface area contributed by atoms with Gasteiger partial charge in [0.25, 0.3) is 0 Å². The molecule has 3 heteroatoms. The Morgan fingerprint density at radius 2 is 2.00 bits per heavy atom. The summed E-state index contributed by atoms with van der Waals surface area (Å²) >= 11 is 0. The molecule has 1 fully saturated rings. The number of hydrogen-bond donors (Lipinski definition) is 1. The summed E-state index contributed by atoms with van der Waals surface area (Å²) < 4.78 is 19.5. The lowest BCUT2D eigenvalue weighted by Gasteiger charge is -2.25. The molecule has 1 unspecified atom stereocenters. The molecule has 1 aromatic rings. The molecule has 0 bridgehead atoms. The van der Waals surface area contributed by atoms with Gasteiger partial charge < -0.3 is 10.1 Å². The van der Waals surface area contributed by atoms with Gasteiger partial charge in [0.2, 0.25) is 0 Å². The number of methoxy groups -OCH3 is 1. The van der Waals surface area contributed by atoms with Crippen molar-refractivity contribution in [2.75, 3.05) is 13.7 Å². The molecule has 1 N–H and O–H groups in total. The smallest absolute Gasteiger partial charge is 0.168 e. The highest BCUT2D eigenvalue weighted by Crippen LogP contribution is 2.34. The van der Waals surface area contributed by atoms with Crippen LogP contribution in [0.3, 0.4) is 0 Å². The van der Waals surface area contributed by atoms with E-state index in [-0.39, 0.29) is 5.82 Å². The maximum absolute atomic E-state index is 14.4. The molecule has 1 aliphatic rings. The Kier molecular flexibility index (Phi) is 6.04. The molecule has 2 rings (SSSR count). The predicted octanol–water partition coefficient (Wildman–Crippen LogP) is 4.18. The summed E-state index contributed by atoms with van der Waals surface area (Å²) in [7, 11) is 1.52. The van der Waals surface area contributed by atoms with Crippen molar-refractivity contribution in [3.63, 3.8) is 0 Å². The first-order valence-corrected chi connectivity index (χ1v) is 8.16. The number of rotatable bonds is 7. The average Bonchev–Trinajstić information content (AvgIpc) is 2.99. The van der Waals surface area contributed by atoms with Crippen molar-refractivity contribution in [3.8, 4) is 5.75 Å². The maximum atomic E-state index is 14.4. The zero-order valence-corrected chi connectivity index (χ0v) is 13.5. The van der Waals surface area contributed by atoms with Gasteiger partial charge in [0.1, 0.15) is 0 Å². The van der Waals surface area contributed by atoms with Gasteiger partial charge in [-0.3, -0.25) is 0 Å². The summed E-state index contributed by atoms with van der Waals surface area (Å²) in [5.41, 5.74) is 0.789. The summed E-state index contributed by atoms with van der Waals surface area (Å²) in [5.74, 6) is 1.40. The van der Waals surface area contributed by atoms with Crippen LogP contribution < -0.4 is 10.1 Å². The third-order valence-electron chi connectivity index (χ3n) is 4.60. The van der Waals surface area contributed by atoms with Crippen LogP contribution >= 0.6 is 0 Å². The van der Waals surface area contributed by atoms with Gasteiger partial charge in [0.05, 0.1) is 7.11 Å². The third-order valence-corrected chi connectivity index (χ3v) is 4.60. The van der Waals surface area contributed by atoms with E-state index in [0.717, 1.165) is 24.4 Å². The minimum Gasteiger partial charge on any atom is -0.494 e. The lowest BCUT2D eigenvalue weighted by Crippen LogP contribution is -2.33. The molecule has 1 atom stereocenters. The van der Waals surface area contributed by atoms with Crippen LogP contribution in [-0.2, 0) is 6.42 Å². The molecule has 2 nitrogen and oxygen atoms in total. The fourth-order valence-electron chi connectivity index (χ4n) is 3.38. The van der Waals surface area contributed by atoms with E-state index >= 15 is 0 Å². The Morgan fingerprint density at radius 3 is 2.62 bits per heavy atom. The molecule has 1 saturated carbocycles. The van der Waals surface area contributed by atoms with Crippen LogP contribution in [0.4, 0.5) is 4.39 Å². The molecule has 0 saturated heterocycles. The van der Waals surface area contributed by atoms with E-state index in [1.54, 1.807) is 6.07 Å². The molecule has 0 spiro atoms. The van der Waals surface area contributed by atoms with Crippen molar-refractivity contribution in [2.45, 2.75) is 52.0 Å². The first-order chi connectivity index (χ1) is 10.1. The van der Waals surface area contributed by atoms with Gasteiger partial charge in [-0.25, -0.2) is 4.39 Å². The minimum atomic E-state index is -0.187. The number of halogens is 1. The monoisotopic (exact) mass is 293 g/mol. The zero-order valence-electron chi connectivity index (χ0n) is 13.5. The molecule has 0 radical (unpaired) electrons. The van der Waals surface area contributed by atoms with Crippen molar-refractivity contribution in [1.29, 1.82) is 0 Å². The van der Waals surface area contributed by atoms with E-state index in [0.29, 0.717) is 17.7 Å². The second-order valence-electron chi connectivity index (χ2n) is 6.51. The summed E-state index contributed by atoms with van der Waals surface area (Å²) in [6.45, 7) is 5.30. The van der Waals surface area contributed by atoms with Crippen LogP contribution in [0.1, 0.15) is 45.1 Å². The largest absolute Gasteiger partial charge is 0.494 e. The highest BCUT2D eigenvalue weighted by Gasteiger charge is 2.26. The second-order valence-corrected chi connectivity index (χ2v) is 6.51. The molecule has 0 amide bonds. The van der Waals surface area contributed by atoms with Crippen LogP contribution in [-0.4, -0.2) is 19.7 Å². The maximum Gasteiger partial charge on any atom is 0.168 e. The van der Waals surface area contributed by atoms with Crippen LogP contribution in [0.2, 0.25) is 0 Å². The van der Waals surface area contributed by atoms with E-state index in [1.807, 2.05) is 12.1 Å². The molecular weight excluding hydrogens is 265 g/mol. The lowest BCUT2D eigenvalue weighted by molar-refractivity contribution is 0.308. The van der Waals surface area contributed by atoms with Crippen LogP contribution in [0.5, 0.6) is 5.75 Å². The summed E-state index contributed by atoms with van der Waals surface area (Å²) in [5, 5.41) is 3.54. The minimum absolute atomic E-state index is 0.187. The van der Waals surface area contributed by atoms with Gasteiger partial charge in [0.15, 0.2) is 11.6 Å². The standard InChI is InChI=1S/C18H28FNO/c1-13(2)20-12-16(14-7-4-5-8-14)11-15-9-6-10-17(21-3)18(15)19/h6,9-10,13-14,16,20H,4-5,7-8,11-12H2,1-3H3. The molecule has 21 heavy (non-hydrogen) atoms. The van der Waals surface area contributed by atoms with E-state index in [9.17, 15) is 4.39 Å². The van der Waals surface area contributed by atoms with E-state index in [2.05, 4.69) is 19.2 Å². The van der Waals surface area contributed by atoms with Crippen LogP contribution in [0, 0.1) is 17.7 Å². The molecule has 0 aromatic heterocycles. The quantitative estimate of drug-likeness (QED) is 0.814. The summed E-state index contributed by atoms with van der Waals surface area (Å²) in [6, 6.07) is 5.95. The molecule has 1 aliphatic carbocycles. The first-order valence-electron chi connectivity index (χ1n) is 8.16. The number of nitrogens with one attached hydrogen (secondary N) is 1. The van der Waals surface area contributed by atoms with Crippen molar-refractivity contribution < 1.29 is 9.13 Å². The number of hydrogen-bond acceptors (Lipinski definition) is 2. The normalized spacial score (nSPS) is 17.4. The SMILES string of the molecule is COc1cccc(CC(CNC(C)C)C2CCCC2)c1F. The Hall–Kier alpha value is -1.09. The fourth-order valence-corrected chi connectivity index (χ4v) is 3.38. The highest BCUT2D eigenvalue weighted by atomic mass is 19.1. The second kappa shape index (κ2) is 7.79. The zero-order chi connectivity index (χ0) is 15.2. The van der Waals surface area contributed by atoms with Gasteiger partial charge in [-0.1, -0.05) is 51.7 Å². The Labute approximate surface area is 128 Å². The van der Waals surface area contributed by atoms with Crippen molar-refractivity contribution in [3.05, 3.63) is 29.6 Å². The third kappa shape index (κ3) is 4.44. The van der Waals surface area contributed by atoms with Crippen LogP contribution in [0.15, 0.2) is 18.2 Å². The van der Waals surface area contributed by atoms with Gasteiger partial charge in [0, 0.05) is 6.04 Å². The van der Waals surface area contributed by atoms with Gasteiger partial charge in [-0.05, 0) is 36.4 Å². The predicted molar refractivity (Wildman–Crippen MR) is 85.2 cm³/mol. The van der Waals surface area contributed by atoms with E-state index < -0.39 is 0 Å². The fraction of sp³-hybridized carbons (Fsp3) is 0.667. The highest BCUT2D eigenvalue weighted by molar-refractivity contribution is 5.31. The van der Waals surface area contributed by atoms with Gasteiger partial charge >= 0.3 is 0 Å². The lowest BCUT2D eigenvalue weighted by atomic mass is 9.85. The average molecular weight is 293 g/mol. The van der Waals surface area contributed by atoms with Crippen molar-refractivity contribution >= 4 is 0 Å². The van der Waals surface area contributed by atoms with E-state index in [1.165, 1.54) is 32.8 Å². The number of ether oxygens (including phenoxy) is 1. The Bertz CT molecular complexity index is 441. The summed E-state index contributed by atoms with van der Waals surface area (Å²) in [6.07, 6.45) is 6.02. The molecule has 0 heterocycles. The Balaban J connectivity index is 2.10. The Morgan fingerprint density at radius 1 is 1.29 bits per heavy atom. The van der Waals surface area contributed by atoms with Crippen molar-refractivity contribution in [2.24, 2.45) is 11.8 Å². The molecular formula is C18H28FNO. The van der Waals surface area contributed by atoms with E-state index in [4.69, 9.17) is 4.74 Å². The molecule has 0 aliphatic heterocycles. The first kappa shape index (κ1) is 16.3. The molecule has 1 aromatic carbocycles.